The van der Waals surface area contributed by atoms with Crippen LogP contribution in [-0.4, -0.2) is 41.5 Å². The van der Waals surface area contributed by atoms with Crippen LogP contribution in [0, 0.1) is 0 Å². The molecule has 0 aromatic rings. The Labute approximate surface area is 76.6 Å². The van der Waals surface area contributed by atoms with Gasteiger partial charge in [0.2, 0.25) is 5.91 Å². The Morgan fingerprint density at radius 2 is 2.50 bits per heavy atom. The maximum Gasteiger partial charge on any atom is 0.240 e. The van der Waals surface area contributed by atoms with Crippen LogP contribution in [0.5, 0.6) is 0 Å². The van der Waals surface area contributed by atoms with Crippen molar-refractivity contribution in [3.63, 3.8) is 0 Å². The van der Waals surface area contributed by atoms with Crippen LogP contribution in [0.2, 0.25) is 0 Å². The van der Waals surface area contributed by atoms with Gasteiger partial charge in [0.1, 0.15) is 5.38 Å². The molecule has 2 aliphatic rings. The van der Waals surface area contributed by atoms with E-state index in [2.05, 4.69) is 0 Å². The molecule has 2 rings (SSSR count). The molecule has 12 heavy (non-hydrogen) atoms. The van der Waals surface area contributed by atoms with Gasteiger partial charge >= 0.3 is 0 Å². The van der Waals surface area contributed by atoms with E-state index in [-0.39, 0.29) is 12.0 Å². The summed E-state index contributed by atoms with van der Waals surface area (Å²) in [5, 5.41) is -0.399. The van der Waals surface area contributed by atoms with Gasteiger partial charge in [0, 0.05) is 6.54 Å². The molecule has 0 aliphatic carbocycles. The van der Waals surface area contributed by atoms with Crippen LogP contribution >= 0.6 is 11.6 Å². The third-order valence-corrected chi connectivity index (χ3v) is 2.71. The minimum Gasteiger partial charge on any atom is -0.374 e. The highest BCUT2D eigenvalue weighted by atomic mass is 35.5. The number of fused-ring (bicyclic) bond motifs is 2. The quantitative estimate of drug-likeness (QED) is 0.566. The lowest BCUT2D eigenvalue weighted by Gasteiger charge is -2.27. The highest BCUT2D eigenvalue weighted by Gasteiger charge is 2.42. The van der Waals surface area contributed by atoms with E-state index in [4.69, 9.17) is 16.3 Å². The summed E-state index contributed by atoms with van der Waals surface area (Å²) in [6, 6.07) is 0.295. The van der Waals surface area contributed by atoms with Crippen molar-refractivity contribution in [2.24, 2.45) is 0 Å². The molecule has 2 bridgehead atoms. The van der Waals surface area contributed by atoms with E-state index in [1.165, 1.54) is 0 Å². The summed E-state index contributed by atoms with van der Waals surface area (Å²) in [5.74, 6) is 0.0486. The first-order chi connectivity index (χ1) is 5.68. The van der Waals surface area contributed by atoms with Crippen molar-refractivity contribution in [2.45, 2.75) is 30.9 Å². The first kappa shape index (κ1) is 8.32. The van der Waals surface area contributed by atoms with E-state index >= 15 is 0 Å². The molecule has 4 heteroatoms. The lowest BCUT2D eigenvalue weighted by atomic mass is 10.2. The third-order valence-electron chi connectivity index (χ3n) is 2.52. The van der Waals surface area contributed by atoms with E-state index in [0.29, 0.717) is 12.6 Å². The first-order valence-corrected chi connectivity index (χ1v) is 4.68. The molecular weight excluding hydrogens is 178 g/mol. The summed E-state index contributed by atoms with van der Waals surface area (Å²) in [6.45, 7) is 3.15. The maximum absolute atomic E-state index is 11.5. The molecule has 2 heterocycles. The number of likely N-dealkylation sites (tertiary alicyclic amines) is 1. The van der Waals surface area contributed by atoms with Gasteiger partial charge in [0.05, 0.1) is 18.8 Å². The molecule has 0 saturated carbocycles. The molecule has 0 N–H and O–H groups in total. The zero-order chi connectivity index (χ0) is 8.72. The largest absolute Gasteiger partial charge is 0.374 e. The summed E-state index contributed by atoms with van der Waals surface area (Å²) in [7, 11) is 0. The fourth-order valence-corrected chi connectivity index (χ4v) is 2.02. The van der Waals surface area contributed by atoms with Crippen LogP contribution in [0.3, 0.4) is 0 Å². The Morgan fingerprint density at radius 3 is 2.92 bits per heavy atom. The zero-order valence-electron chi connectivity index (χ0n) is 7.00. The first-order valence-electron chi connectivity index (χ1n) is 4.24. The summed E-state index contributed by atoms with van der Waals surface area (Å²) in [5.41, 5.74) is 0. The summed E-state index contributed by atoms with van der Waals surface area (Å²) in [6.07, 6.45) is 1.27. The van der Waals surface area contributed by atoms with Gasteiger partial charge in [-0.25, -0.2) is 0 Å². The molecule has 0 aromatic heterocycles. The number of halogens is 1. The second kappa shape index (κ2) is 2.89. The van der Waals surface area contributed by atoms with Gasteiger partial charge in [-0.05, 0) is 13.3 Å². The van der Waals surface area contributed by atoms with Crippen LogP contribution in [0.1, 0.15) is 13.3 Å². The molecule has 3 unspecified atom stereocenters. The van der Waals surface area contributed by atoms with E-state index in [0.717, 1.165) is 13.0 Å². The molecule has 3 atom stereocenters. The Balaban J connectivity index is 2.02. The van der Waals surface area contributed by atoms with E-state index in [9.17, 15) is 4.79 Å². The van der Waals surface area contributed by atoms with Gasteiger partial charge in [0.25, 0.3) is 0 Å². The van der Waals surface area contributed by atoms with Crippen molar-refractivity contribution >= 4 is 17.5 Å². The predicted octanol–water partition coefficient (Wildman–Crippen LogP) is 0.613. The fourth-order valence-electron chi connectivity index (χ4n) is 1.90. The normalized spacial score (nSPS) is 35.7. The van der Waals surface area contributed by atoms with Crippen LogP contribution in [-0.2, 0) is 9.53 Å². The number of hydrogen-bond acceptors (Lipinski definition) is 2. The Morgan fingerprint density at radius 1 is 1.75 bits per heavy atom. The summed E-state index contributed by atoms with van der Waals surface area (Å²) >= 11 is 5.71. The van der Waals surface area contributed by atoms with Gasteiger partial charge in [-0.3, -0.25) is 4.79 Å². The number of carbonyl (C=O) groups is 1. The number of amides is 1. The van der Waals surface area contributed by atoms with Gasteiger partial charge in [-0.15, -0.1) is 11.6 Å². The smallest absolute Gasteiger partial charge is 0.240 e. The number of rotatable bonds is 1. The van der Waals surface area contributed by atoms with Crippen LogP contribution in [0.15, 0.2) is 0 Å². The van der Waals surface area contributed by atoms with Crippen molar-refractivity contribution < 1.29 is 9.53 Å². The minimum absolute atomic E-state index is 0.0486. The molecule has 0 spiro atoms. The lowest BCUT2D eigenvalue weighted by Crippen LogP contribution is -2.44. The van der Waals surface area contributed by atoms with Crippen molar-refractivity contribution in [3.8, 4) is 0 Å². The van der Waals surface area contributed by atoms with Crippen LogP contribution < -0.4 is 0 Å². The Hall–Kier alpha value is -0.280. The lowest BCUT2D eigenvalue weighted by molar-refractivity contribution is -0.134. The number of hydrogen-bond donors (Lipinski definition) is 0. The molecular formula is C8H12ClNO2. The average Bonchev–Trinajstić information content (AvgIpc) is 2.62. The third kappa shape index (κ3) is 1.21. The van der Waals surface area contributed by atoms with Crippen molar-refractivity contribution in [1.29, 1.82) is 0 Å². The molecule has 68 valence electrons. The van der Waals surface area contributed by atoms with Crippen LogP contribution in [0.25, 0.3) is 0 Å². The van der Waals surface area contributed by atoms with Crippen molar-refractivity contribution in [3.05, 3.63) is 0 Å². The number of nitrogens with zero attached hydrogens (tertiary/aromatic N) is 1. The number of alkyl halides is 1. The molecule has 3 nitrogen and oxygen atoms in total. The predicted molar refractivity (Wildman–Crippen MR) is 45.2 cm³/mol. The van der Waals surface area contributed by atoms with E-state index in [1.807, 2.05) is 4.90 Å². The van der Waals surface area contributed by atoms with Gasteiger partial charge in [-0.1, -0.05) is 0 Å². The Kier molecular flexibility index (Phi) is 2.00. The number of carbonyl (C=O) groups excluding carboxylic acids is 1. The standard InChI is InChI=1S/C8H12ClNO2/c1-5(9)8(11)10-3-7-2-6(10)4-12-7/h5-7H,2-4H2,1H3. The number of morpholine rings is 1. The molecule has 2 fully saturated rings. The number of ether oxygens (including phenoxy) is 1. The molecule has 2 aliphatic heterocycles. The highest BCUT2D eigenvalue weighted by Crippen LogP contribution is 2.28. The van der Waals surface area contributed by atoms with Crippen LogP contribution in [0.4, 0.5) is 0 Å². The molecule has 0 aromatic carbocycles. The molecule has 2 saturated heterocycles. The average molecular weight is 190 g/mol. The second-order valence-electron chi connectivity index (χ2n) is 3.45. The Bertz CT molecular complexity index is 207. The second-order valence-corrected chi connectivity index (χ2v) is 4.11. The van der Waals surface area contributed by atoms with Gasteiger partial charge < -0.3 is 9.64 Å². The van der Waals surface area contributed by atoms with Gasteiger partial charge in [0.15, 0.2) is 0 Å². The van der Waals surface area contributed by atoms with Crippen molar-refractivity contribution in [1.82, 2.24) is 4.90 Å². The SMILES string of the molecule is CC(Cl)C(=O)N1CC2CC1CO2. The monoisotopic (exact) mass is 189 g/mol. The van der Waals surface area contributed by atoms with E-state index in [1.54, 1.807) is 6.92 Å². The van der Waals surface area contributed by atoms with E-state index < -0.39 is 5.38 Å². The fraction of sp³-hybridized carbons (Fsp3) is 0.875. The minimum atomic E-state index is -0.399. The van der Waals surface area contributed by atoms with Gasteiger partial charge in [-0.2, -0.15) is 0 Å². The topological polar surface area (TPSA) is 29.5 Å². The molecule has 0 radical (unpaired) electrons. The summed E-state index contributed by atoms with van der Waals surface area (Å²) < 4.78 is 5.38. The summed E-state index contributed by atoms with van der Waals surface area (Å²) in [4.78, 5) is 13.3. The highest BCUT2D eigenvalue weighted by molar-refractivity contribution is 6.30. The maximum atomic E-state index is 11.5. The zero-order valence-corrected chi connectivity index (χ0v) is 7.75. The van der Waals surface area contributed by atoms with Crippen molar-refractivity contribution in [2.75, 3.05) is 13.2 Å². The molecule has 1 amide bonds.